The number of carbonyl (C=O) groups excluding carboxylic acids is 1. The van der Waals surface area contributed by atoms with Gasteiger partial charge in [0.15, 0.2) is 0 Å². The lowest BCUT2D eigenvalue weighted by atomic mass is 10.2. The highest BCUT2D eigenvalue weighted by atomic mass is 35.5. The lowest BCUT2D eigenvalue weighted by Crippen LogP contribution is -2.08. The van der Waals surface area contributed by atoms with E-state index < -0.39 is 16.6 Å². The number of rotatable bonds is 3. The quantitative estimate of drug-likeness (QED) is 0.478. The lowest BCUT2D eigenvalue weighted by Gasteiger charge is -2.04. The van der Waals surface area contributed by atoms with Crippen LogP contribution in [0.4, 0.5) is 5.69 Å². The summed E-state index contributed by atoms with van der Waals surface area (Å²) in [6, 6.07) is 2.15. The second-order valence-electron chi connectivity index (χ2n) is 2.76. The summed E-state index contributed by atoms with van der Waals surface area (Å²) in [5.74, 6) is -0.798. The molecule has 86 valence electrons. The van der Waals surface area contributed by atoms with Crippen LogP contribution in [0.3, 0.4) is 0 Å². The highest BCUT2D eigenvalue weighted by molar-refractivity contribution is 6.42. The van der Waals surface area contributed by atoms with Crippen molar-refractivity contribution in [3.05, 3.63) is 37.9 Å². The third-order valence-electron chi connectivity index (χ3n) is 1.73. The fraction of sp³-hybridized carbons (Fsp3) is 0.222. The second kappa shape index (κ2) is 5.14. The van der Waals surface area contributed by atoms with Crippen LogP contribution in [0.15, 0.2) is 12.1 Å². The Morgan fingerprint density at radius 1 is 1.44 bits per heavy atom. The molecule has 7 heteroatoms. The Morgan fingerprint density at radius 2 is 2.00 bits per heavy atom. The van der Waals surface area contributed by atoms with E-state index in [0.717, 1.165) is 12.1 Å². The molecule has 0 unspecified atom stereocenters. The first kappa shape index (κ1) is 12.7. The van der Waals surface area contributed by atoms with Gasteiger partial charge in [-0.2, -0.15) is 0 Å². The minimum atomic E-state index is -0.798. The Balaban J connectivity index is 3.30. The van der Waals surface area contributed by atoms with E-state index in [4.69, 9.17) is 23.2 Å². The van der Waals surface area contributed by atoms with Gasteiger partial charge < -0.3 is 4.74 Å². The number of benzene rings is 1. The van der Waals surface area contributed by atoms with Crippen LogP contribution in [-0.4, -0.2) is 17.5 Å². The minimum Gasteiger partial charge on any atom is -0.462 e. The molecule has 0 aliphatic carbocycles. The number of nitro groups is 1. The summed E-state index contributed by atoms with van der Waals surface area (Å²) in [5, 5.41) is 10.8. The number of hydrogen-bond acceptors (Lipinski definition) is 4. The van der Waals surface area contributed by atoms with Crippen LogP contribution in [0.5, 0.6) is 0 Å². The van der Waals surface area contributed by atoms with Crippen molar-refractivity contribution in [2.45, 2.75) is 6.92 Å². The van der Waals surface area contributed by atoms with Crippen LogP contribution in [0, 0.1) is 10.1 Å². The Morgan fingerprint density at radius 3 is 2.50 bits per heavy atom. The van der Waals surface area contributed by atoms with Crippen LogP contribution in [0.1, 0.15) is 17.3 Å². The molecule has 0 fully saturated rings. The molecule has 0 bridgehead atoms. The van der Waals surface area contributed by atoms with Crippen molar-refractivity contribution in [3.8, 4) is 0 Å². The maximum atomic E-state index is 11.4. The number of carbonyl (C=O) groups is 1. The van der Waals surface area contributed by atoms with Gasteiger partial charge in [-0.1, -0.05) is 23.2 Å². The van der Waals surface area contributed by atoms with E-state index in [-0.39, 0.29) is 22.2 Å². The molecule has 0 radical (unpaired) electrons. The molecule has 1 aromatic rings. The molecule has 0 amide bonds. The van der Waals surface area contributed by atoms with Gasteiger partial charge in [-0.3, -0.25) is 10.1 Å². The molecule has 0 N–H and O–H groups in total. The van der Waals surface area contributed by atoms with Crippen molar-refractivity contribution in [1.29, 1.82) is 0 Å². The number of ether oxygens (including phenoxy) is 1. The zero-order valence-electron chi connectivity index (χ0n) is 8.20. The van der Waals surface area contributed by atoms with E-state index in [9.17, 15) is 14.9 Å². The SMILES string of the molecule is CCOC(=O)c1cc(Cl)c(Cl)cc1[N+](=O)[O-]. The van der Waals surface area contributed by atoms with E-state index in [1.165, 1.54) is 0 Å². The zero-order valence-corrected chi connectivity index (χ0v) is 9.71. The van der Waals surface area contributed by atoms with Crippen molar-refractivity contribution < 1.29 is 14.5 Å². The fourth-order valence-corrected chi connectivity index (χ4v) is 1.38. The van der Waals surface area contributed by atoms with Crippen molar-refractivity contribution in [2.24, 2.45) is 0 Å². The van der Waals surface area contributed by atoms with Gasteiger partial charge in [0.1, 0.15) is 5.56 Å². The average Bonchev–Trinajstić information content (AvgIpc) is 2.21. The van der Waals surface area contributed by atoms with Crippen LogP contribution in [0.25, 0.3) is 0 Å². The standard InChI is InChI=1S/C9H7Cl2NO4/c1-2-16-9(13)5-3-6(10)7(11)4-8(5)12(14)15/h3-4H,2H2,1H3. The summed E-state index contributed by atoms with van der Waals surface area (Å²) in [6.45, 7) is 1.72. The van der Waals surface area contributed by atoms with Gasteiger partial charge in [0, 0.05) is 6.07 Å². The highest BCUT2D eigenvalue weighted by Gasteiger charge is 2.23. The van der Waals surface area contributed by atoms with Crippen LogP contribution in [0.2, 0.25) is 10.0 Å². The molecular formula is C9H7Cl2NO4. The van der Waals surface area contributed by atoms with Crippen LogP contribution < -0.4 is 0 Å². The van der Waals surface area contributed by atoms with Gasteiger partial charge in [-0.25, -0.2) is 4.79 Å². The third kappa shape index (κ3) is 2.62. The van der Waals surface area contributed by atoms with Gasteiger partial charge in [0.05, 0.1) is 21.6 Å². The summed E-state index contributed by atoms with van der Waals surface area (Å²) in [7, 11) is 0. The van der Waals surface area contributed by atoms with E-state index in [1.54, 1.807) is 6.92 Å². The molecule has 0 saturated heterocycles. The Hall–Kier alpha value is -1.33. The first-order valence-electron chi connectivity index (χ1n) is 4.28. The number of nitrogens with zero attached hydrogens (tertiary/aromatic N) is 1. The largest absolute Gasteiger partial charge is 0.462 e. The second-order valence-corrected chi connectivity index (χ2v) is 3.58. The number of esters is 1. The molecule has 1 aromatic carbocycles. The molecule has 16 heavy (non-hydrogen) atoms. The van der Waals surface area contributed by atoms with Crippen LogP contribution in [-0.2, 0) is 4.74 Å². The summed E-state index contributed by atoms with van der Waals surface area (Å²) < 4.78 is 4.67. The third-order valence-corrected chi connectivity index (χ3v) is 2.45. The van der Waals surface area contributed by atoms with Crippen LogP contribution >= 0.6 is 23.2 Å². The molecule has 0 atom stereocenters. The van der Waals surface area contributed by atoms with E-state index in [1.807, 2.05) is 0 Å². The molecule has 0 aliphatic rings. The number of nitro benzene ring substituents is 1. The first-order valence-corrected chi connectivity index (χ1v) is 5.03. The van der Waals surface area contributed by atoms with Crippen molar-refractivity contribution in [1.82, 2.24) is 0 Å². The molecule has 0 saturated carbocycles. The predicted octanol–water partition coefficient (Wildman–Crippen LogP) is 3.08. The molecule has 0 aromatic heterocycles. The van der Waals surface area contributed by atoms with Gasteiger partial charge in [0.25, 0.3) is 5.69 Å². The Labute approximate surface area is 101 Å². The first-order chi connectivity index (χ1) is 7.47. The Bertz CT molecular complexity index is 447. The van der Waals surface area contributed by atoms with Gasteiger partial charge in [-0.15, -0.1) is 0 Å². The monoisotopic (exact) mass is 263 g/mol. The Kier molecular flexibility index (Phi) is 4.09. The van der Waals surface area contributed by atoms with Crippen molar-refractivity contribution in [2.75, 3.05) is 6.61 Å². The van der Waals surface area contributed by atoms with Crippen molar-refractivity contribution >= 4 is 34.9 Å². The topological polar surface area (TPSA) is 69.4 Å². The number of halogens is 2. The molecule has 0 aliphatic heterocycles. The average molecular weight is 264 g/mol. The van der Waals surface area contributed by atoms with Gasteiger partial charge >= 0.3 is 5.97 Å². The lowest BCUT2D eigenvalue weighted by molar-refractivity contribution is -0.385. The molecule has 1 rings (SSSR count). The summed E-state index contributed by atoms with van der Waals surface area (Å²) >= 11 is 11.3. The summed E-state index contributed by atoms with van der Waals surface area (Å²) in [5.41, 5.74) is -0.630. The molecular weight excluding hydrogens is 257 g/mol. The minimum absolute atomic E-state index is 0.0152. The van der Waals surface area contributed by atoms with E-state index in [2.05, 4.69) is 4.74 Å². The van der Waals surface area contributed by atoms with Gasteiger partial charge in [0.2, 0.25) is 0 Å². The maximum Gasteiger partial charge on any atom is 0.345 e. The molecule has 0 spiro atoms. The highest BCUT2D eigenvalue weighted by Crippen LogP contribution is 2.30. The normalized spacial score (nSPS) is 9.94. The smallest absolute Gasteiger partial charge is 0.345 e. The predicted molar refractivity (Wildman–Crippen MR) is 59.1 cm³/mol. The van der Waals surface area contributed by atoms with E-state index in [0.29, 0.717) is 0 Å². The van der Waals surface area contributed by atoms with Crippen molar-refractivity contribution in [3.63, 3.8) is 0 Å². The molecule has 0 heterocycles. The summed E-state index contributed by atoms with van der Waals surface area (Å²) in [6.07, 6.45) is 0. The fourth-order valence-electron chi connectivity index (χ4n) is 1.06. The van der Waals surface area contributed by atoms with Gasteiger partial charge in [-0.05, 0) is 13.0 Å². The molecule has 5 nitrogen and oxygen atoms in total. The maximum absolute atomic E-state index is 11.4. The summed E-state index contributed by atoms with van der Waals surface area (Å²) in [4.78, 5) is 21.4. The number of hydrogen-bond donors (Lipinski definition) is 0. The zero-order chi connectivity index (χ0) is 12.3. The van der Waals surface area contributed by atoms with E-state index >= 15 is 0 Å².